The lowest BCUT2D eigenvalue weighted by Crippen LogP contribution is -2.47. The number of amides is 4. The van der Waals surface area contributed by atoms with E-state index in [2.05, 4.69) is 49.0 Å². The maximum atomic E-state index is 13.8. The van der Waals surface area contributed by atoms with Crippen LogP contribution >= 0.6 is 0 Å². The molecular weight excluding hydrogens is 588 g/mol. The zero-order chi connectivity index (χ0) is 33.8. The molecule has 0 aromatic rings. The molecule has 0 aromatic carbocycles. The zero-order valence-electron chi connectivity index (χ0n) is 30.3. The number of rotatable bonds is 14. The summed E-state index contributed by atoms with van der Waals surface area (Å²) in [5.41, 5.74) is 0. The normalized spacial score (nSPS) is 32.8. The first-order valence-electron chi connectivity index (χ1n) is 19.8. The molecule has 0 heterocycles. The lowest BCUT2D eigenvalue weighted by molar-refractivity contribution is -0.132. The molecule has 4 aliphatic carbocycles. The van der Waals surface area contributed by atoms with Crippen molar-refractivity contribution in [2.45, 2.75) is 187 Å². The summed E-state index contributed by atoms with van der Waals surface area (Å²) in [4.78, 5) is 54.2. The van der Waals surface area contributed by atoms with Gasteiger partial charge in [-0.25, -0.2) is 0 Å². The molecule has 4 rings (SSSR count). The number of hydrogen-bond acceptors (Lipinski definition) is 4. The molecule has 10 unspecified atom stereocenters. The summed E-state index contributed by atoms with van der Waals surface area (Å²) in [6, 6.07) is 0.669. The molecule has 268 valence electrons. The third-order valence-corrected chi connectivity index (χ3v) is 12.5. The Bertz CT molecular complexity index is 941. The summed E-state index contributed by atoms with van der Waals surface area (Å²) in [6.07, 6.45) is 19.9. The first-order valence-corrected chi connectivity index (χ1v) is 19.8. The van der Waals surface area contributed by atoms with Crippen LogP contribution in [0.5, 0.6) is 0 Å². The lowest BCUT2D eigenvalue weighted by Gasteiger charge is -2.32. The van der Waals surface area contributed by atoms with Crippen molar-refractivity contribution in [1.82, 2.24) is 21.3 Å². The molecule has 4 fully saturated rings. The van der Waals surface area contributed by atoms with Gasteiger partial charge in [-0.1, -0.05) is 85.5 Å². The van der Waals surface area contributed by atoms with Crippen LogP contribution in [-0.4, -0.2) is 47.8 Å². The minimum atomic E-state index is -0.443. The van der Waals surface area contributed by atoms with Gasteiger partial charge in [0.15, 0.2) is 0 Å². The second kappa shape index (κ2) is 19.2. The van der Waals surface area contributed by atoms with E-state index < -0.39 is 11.8 Å². The Balaban J connectivity index is 1.40. The number of carbonyl (C=O) groups excluding carboxylic acids is 4. The van der Waals surface area contributed by atoms with Gasteiger partial charge in [-0.05, 0) is 87.9 Å². The van der Waals surface area contributed by atoms with Crippen molar-refractivity contribution in [1.29, 1.82) is 0 Å². The molecule has 4 N–H and O–H groups in total. The fourth-order valence-electron chi connectivity index (χ4n) is 8.97. The maximum absolute atomic E-state index is 13.8. The molecule has 0 aromatic heterocycles. The quantitative estimate of drug-likeness (QED) is 0.162. The molecule has 8 nitrogen and oxygen atoms in total. The number of carbonyl (C=O) groups is 4. The molecule has 0 aliphatic heterocycles. The van der Waals surface area contributed by atoms with E-state index in [1.165, 1.54) is 25.7 Å². The van der Waals surface area contributed by atoms with Gasteiger partial charge < -0.3 is 21.3 Å². The number of hydrogen-bond donors (Lipinski definition) is 4. The Labute approximate surface area is 285 Å². The van der Waals surface area contributed by atoms with E-state index in [1.54, 1.807) is 0 Å². The van der Waals surface area contributed by atoms with Crippen LogP contribution in [0.15, 0.2) is 0 Å². The molecule has 10 atom stereocenters. The molecule has 4 aliphatic rings. The van der Waals surface area contributed by atoms with Gasteiger partial charge in [-0.15, -0.1) is 0 Å². The van der Waals surface area contributed by atoms with Crippen LogP contribution in [-0.2, 0) is 19.2 Å². The Kier molecular flexibility index (Phi) is 15.4. The largest absolute Gasteiger partial charge is 0.353 e. The Morgan fingerprint density at radius 2 is 0.723 bits per heavy atom. The summed E-state index contributed by atoms with van der Waals surface area (Å²) < 4.78 is 0. The average Bonchev–Trinajstić information content (AvgIpc) is 3.04. The van der Waals surface area contributed by atoms with Crippen molar-refractivity contribution >= 4 is 23.6 Å². The smallest absolute Gasteiger partial charge is 0.223 e. The van der Waals surface area contributed by atoms with Gasteiger partial charge in [0.25, 0.3) is 0 Å². The van der Waals surface area contributed by atoms with Gasteiger partial charge in [0, 0.05) is 48.8 Å². The lowest BCUT2D eigenvalue weighted by atomic mass is 9.84. The third kappa shape index (κ3) is 12.1. The van der Waals surface area contributed by atoms with Crippen LogP contribution in [0.3, 0.4) is 0 Å². The van der Waals surface area contributed by atoms with Gasteiger partial charge in [-0.3, -0.25) is 19.2 Å². The first kappa shape index (κ1) is 37.7. The molecule has 0 bridgehead atoms. The highest BCUT2D eigenvalue weighted by atomic mass is 16.2. The van der Waals surface area contributed by atoms with Crippen molar-refractivity contribution in [2.24, 2.45) is 35.5 Å². The Morgan fingerprint density at radius 1 is 0.447 bits per heavy atom. The highest BCUT2D eigenvalue weighted by Gasteiger charge is 2.32. The average molecular weight is 657 g/mol. The van der Waals surface area contributed by atoms with Gasteiger partial charge in [0.1, 0.15) is 0 Å². The van der Waals surface area contributed by atoms with E-state index in [9.17, 15) is 19.2 Å². The van der Waals surface area contributed by atoms with Gasteiger partial charge >= 0.3 is 0 Å². The van der Waals surface area contributed by atoms with Crippen LogP contribution in [0, 0.1) is 35.5 Å². The summed E-state index contributed by atoms with van der Waals surface area (Å²) in [5.74, 6) is 0.757. The Hall–Kier alpha value is -2.12. The van der Waals surface area contributed by atoms with Crippen molar-refractivity contribution in [3.05, 3.63) is 0 Å². The van der Waals surface area contributed by atoms with Gasteiger partial charge in [0.05, 0.1) is 0 Å². The van der Waals surface area contributed by atoms with Crippen LogP contribution < -0.4 is 21.3 Å². The first-order chi connectivity index (χ1) is 22.6. The molecule has 47 heavy (non-hydrogen) atoms. The van der Waals surface area contributed by atoms with E-state index in [-0.39, 0.29) is 60.6 Å². The maximum Gasteiger partial charge on any atom is 0.223 e. The summed E-state index contributed by atoms with van der Waals surface area (Å²) in [7, 11) is 0. The predicted molar refractivity (Wildman–Crippen MR) is 188 cm³/mol. The van der Waals surface area contributed by atoms with Gasteiger partial charge in [-0.2, -0.15) is 0 Å². The second-order valence-corrected chi connectivity index (χ2v) is 16.4. The van der Waals surface area contributed by atoms with E-state index in [1.807, 2.05) is 0 Å². The van der Waals surface area contributed by atoms with E-state index in [0.29, 0.717) is 42.9 Å². The summed E-state index contributed by atoms with van der Waals surface area (Å²) in [6.45, 7) is 8.85. The zero-order valence-corrected chi connectivity index (χ0v) is 30.3. The summed E-state index contributed by atoms with van der Waals surface area (Å²) >= 11 is 0. The van der Waals surface area contributed by atoms with Crippen molar-refractivity contribution in [3.63, 3.8) is 0 Å². The van der Waals surface area contributed by atoms with Crippen molar-refractivity contribution in [3.8, 4) is 0 Å². The monoisotopic (exact) mass is 657 g/mol. The highest BCUT2D eigenvalue weighted by Crippen LogP contribution is 2.29. The fourth-order valence-corrected chi connectivity index (χ4v) is 8.97. The molecule has 0 radical (unpaired) electrons. The SMILES string of the molecule is CC1CCCCC1NC(=O)CC(CCCC(CC(=O)NC1CCCCC1C)C(=O)NC1CCCCC1C)C(=O)NC1CCCCC1C. The highest BCUT2D eigenvalue weighted by molar-refractivity contribution is 5.87. The van der Waals surface area contributed by atoms with E-state index in [0.717, 1.165) is 77.0 Å². The van der Waals surface area contributed by atoms with Crippen LogP contribution in [0.25, 0.3) is 0 Å². The molecule has 0 spiro atoms. The van der Waals surface area contributed by atoms with Crippen LogP contribution in [0.4, 0.5) is 0 Å². The Morgan fingerprint density at radius 3 is 1.02 bits per heavy atom. The van der Waals surface area contributed by atoms with Crippen LogP contribution in [0.1, 0.15) is 163 Å². The molecular formula is C39H68N4O4. The minimum absolute atomic E-state index is 0.0309. The molecule has 8 heteroatoms. The fraction of sp³-hybridized carbons (Fsp3) is 0.897. The topological polar surface area (TPSA) is 116 Å². The standard InChI is InChI=1S/C39H68N4O4/c1-26-14-5-9-20-32(26)40-36(44)24-30(38(46)42-34-22-11-7-16-28(34)3)18-13-19-31(39(47)43-35-23-12-8-17-29(35)4)25-37(45)41-33-21-10-6-15-27(33)2/h26-35H,5-25H2,1-4H3,(H,40,44)(H,41,45)(H,42,46)(H,43,47). The molecule has 0 saturated heterocycles. The minimum Gasteiger partial charge on any atom is -0.353 e. The third-order valence-electron chi connectivity index (χ3n) is 12.5. The van der Waals surface area contributed by atoms with Crippen molar-refractivity contribution in [2.75, 3.05) is 0 Å². The van der Waals surface area contributed by atoms with E-state index >= 15 is 0 Å². The summed E-state index contributed by atoms with van der Waals surface area (Å²) in [5, 5.41) is 13.2. The molecule has 4 saturated carbocycles. The molecule has 4 amide bonds. The predicted octanol–water partition coefficient (Wildman–Crippen LogP) is 6.95. The second-order valence-electron chi connectivity index (χ2n) is 16.4. The van der Waals surface area contributed by atoms with E-state index in [4.69, 9.17) is 0 Å². The van der Waals surface area contributed by atoms with Gasteiger partial charge in [0.2, 0.25) is 23.6 Å². The number of nitrogens with one attached hydrogen (secondary N) is 4. The van der Waals surface area contributed by atoms with Crippen molar-refractivity contribution < 1.29 is 19.2 Å². The van der Waals surface area contributed by atoms with Crippen LogP contribution in [0.2, 0.25) is 0 Å².